The predicted molar refractivity (Wildman–Crippen MR) is 79.0 cm³/mol. The van der Waals surface area contributed by atoms with Crippen LogP contribution in [0.15, 0.2) is 53.0 Å². The summed E-state index contributed by atoms with van der Waals surface area (Å²) < 4.78 is 0.985. The first-order chi connectivity index (χ1) is 9.24. The second-order valence-electron chi connectivity index (χ2n) is 4.50. The number of benzene rings is 2. The Labute approximate surface area is 120 Å². The zero-order valence-electron chi connectivity index (χ0n) is 10.3. The normalized spacial score (nSPS) is 13.9. The minimum Gasteiger partial charge on any atom is -0.334 e. The van der Waals surface area contributed by atoms with E-state index in [1.54, 1.807) is 4.90 Å². The Hall–Kier alpha value is -1.81. The van der Waals surface area contributed by atoms with Gasteiger partial charge in [0.05, 0.1) is 12.2 Å². The minimum atomic E-state index is -0.0468. The Kier molecular flexibility index (Phi) is 3.25. The number of fused-ring (bicyclic) bond motifs is 1. The van der Waals surface area contributed by atoms with E-state index >= 15 is 0 Å². The maximum atomic E-state index is 12.1. The van der Waals surface area contributed by atoms with Gasteiger partial charge in [0, 0.05) is 11.0 Å². The highest BCUT2D eigenvalue weighted by atomic mass is 79.9. The summed E-state index contributed by atoms with van der Waals surface area (Å²) in [6.45, 7) is 1.17. The number of nitrogens with one attached hydrogen (secondary N) is 1. The molecular weight excluding hydrogens is 304 g/mol. The van der Waals surface area contributed by atoms with E-state index in [0.717, 1.165) is 21.3 Å². The lowest BCUT2D eigenvalue weighted by Gasteiger charge is -2.30. The van der Waals surface area contributed by atoms with Gasteiger partial charge in [-0.05, 0) is 23.3 Å². The molecule has 4 heteroatoms. The molecule has 3 rings (SSSR count). The fourth-order valence-electron chi connectivity index (χ4n) is 2.24. The molecule has 1 aliphatic rings. The van der Waals surface area contributed by atoms with Crippen molar-refractivity contribution in [2.45, 2.75) is 13.1 Å². The lowest BCUT2D eigenvalue weighted by atomic mass is 10.1. The molecule has 0 unspecified atom stereocenters. The van der Waals surface area contributed by atoms with Crippen LogP contribution in [0.5, 0.6) is 0 Å². The average molecular weight is 317 g/mol. The summed E-state index contributed by atoms with van der Waals surface area (Å²) >= 11 is 3.46. The van der Waals surface area contributed by atoms with Crippen LogP contribution in [0, 0.1) is 0 Å². The van der Waals surface area contributed by atoms with Crippen LogP contribution < -0.4 is 10.2 Å². The van der Waals surface area contributed by atoms with E-state index in [0.29, 0.717) is 13.1 Å². The molecule has 19 heavy (non-hydrogen) atoms. The molecule has 0 fully saturated rings. The second-order valence-corrected chi connectivity index (χ2v) is 5.42. The molecule has 0 radical (unpaired) electrons. The van der Waals surface area contributed by atoms with Crippen molar-refractivity contribution in [1.82, 2.24) is 5.32 Å². The summed E-state index contributed by atoms with van der Waals surface area (Å²) in [5.41, 5.74) is 3.23. The number of amides is 2. The molecule has 2 aromatic carbocycles. The first kappa shape index (κ1) is 12.2. The van der Waals surface area contributed by atoms with E-state index in [1.165, 1.54) is 0 Å². The second kappa shape index (κ2) is 5.05. The molecule has 2 aromatic rings. The fraction of sp³-hybridized carbons (Fsp3) is 0.133. The first-order valence-electron chi connectivity index (χ1n) is 6.12. The predicted octanol–water partition coefficient (Wildman–Crippen LogP) is 3.68. The van der Waals surface area contributed by atoms with Crippen LogP contribution in [0.2, 0.25) is 0 Å². The van der Waals surface area contributed by atoms with Gasteiger partial charge in [0.25, 0.3) is 0 Å². The highest BCUT2D eigenvalue weighted by molar-refractivity contribution is 9.10. The van der Waals surface area contributed by atoms with Gasteiger partial charge in [0.15, 0.2) is 0 Å². The van der Waals surface area contributed by atoms with Crippen molar-refractivity contribution in [3.8, 4) is 0 Å². The summed E-state index contributed by atoms with van der Waals surface area (Å²) in [5.74, 6) is 0. The Balaban J connectivity index is 1.97. The van der Waals surface area contributed by atoms with E-state index in [4.69, 9.17) is 0 Å². The number of hydrogen-bond acceptors (Lipinski definition) is 1. The number of rotatable bonds is 2. The molecule has 0 atom stereocenters. The highest BCUT2D eigenvalue weighted by Gasteiger charge is 2.23. The summed E-state index contributed by atoms with van der Waals surface area (Å²) in [5, 5.41) is 2.90. The van der Waals surface area contributed by atoms with E-state index in [-0.39, 0.29) is 6.03 Å². The molecule has 0 bridgehead atoms. The Morgan fingerprint density at radius 3 is 2.74 bits per heavy atom. The van der Waals surface area contributed by atoms with Crippen molar-refractivity contribution in [2.24, 2.45) is 0 Å². The molecule has 96 valence electrons. The number of anilines is 1. The number of carbonyl (C=O) groups excluding carboxylic acids is 1. The van der Waals surface area contributed by atoms with Crippen molar-refractivity contribution in [3.63, 3.8) is 0 Å². The van der Waals surface area contributed by atoms with Crippen LogP contribution in [0.25, 0.3) is 0 Å². The molecule has 1 heterocycles. The van der Waals surface area contributed by atoms with Crippen LogP contribution in [0.4, 0.5) is 10.5 Å². The van der Waals surface area contributed by atoms with E-state index < -0.39 is 0 Å². The van der Waals surface area contributed by atoms with Gasteiger partial charge >= 0.3 is 6.03 Å². The largest absolute Gasteiger partial charge is 0.334 e. The standard InChI is InChI=1S/C15H13BrN2O/c16-13-7-6-12-9-17-15(19)18(14(12)8-13)10-11-4-2-1-3-5-11/h1-8H,9-10H2,(H,17,19). The van der Waals surface area contributed by atoms with E-state index in [1.807, 2.05) is 48.5 Å². The smallest absolute Gasteiger partial charge is 0.322 e. The number of urea groups is 1. The monoisotopic (exact) mass is 316 g/mol. The van der Waals surface area contributed by atoms with Gasteiger partial charge in [-0.25, -0.2) is 4.79 Å². The average Bonchev–Trinajstić information content (AvgIpc) is 2.43. The van der Waals surface area contributed by atoms with Crippen molar-refractivity contribution >= 4 is 27.6 Å². The summed E-state index contributed by atoms with van der Waals surface area (Å²) in [7, 11) is 0. The van der Waals surface area contributed by atoms with Crippen LogP contribution in [-0.2, 0) is 13.1 Å². The van der Waals surface area contributed by atoms with Gasteiger partial charge in [-0.1, -0.05) is 52.3 Å². The molecule has 1 aliphatic heterocycles. The van der Waals surface area contributed by atoms with E-state index in [9.17, 15) is 4.79 Å². The third-order valence-corrected chi connectivity index (χ3v) is 3.69. The number of nitrogens with zero attached hydrogens (tertiary/aromatic N) is 1. The maximum Gasteiger partial charge on any atom is 0.322 e. The van der Waals surface area contributed by atoms with Gasteiger partial charge in [-0.2, -0.15) is 0 Å². The van der Waals surface area contributed by atoms with Crippen LogP contribution in [0.3, 0.4) is 0 Å². The fourth-order valence-corrected chi connectivity index (χ4v) is 2.59. The van der Waals surface area contributed by atoms with Crippen molar-refractivity contribution in [1.29, 1.82) is 0 Å². The highest BCUT2D eigenvalue weighted by Crippen LogP contribution is 2.29. The van der Waals surface area contributed by atoms with Gasteiger partial charge in [0.2, 0.25) is 0 Å². The molecule has 0 saturated heterocycles. The lowest BCUT2D eigenvalue weighted by Crippen LogP contribution is -2.43. The number of hydrogen-bond donors (Lipinski definition) is 1. The molecule has 0 aliphatic carbocycles. The Bertz CT molecular complexity index is 613. The van der Waals surface area contributed by atoms with Gasteiger partial charge in [-0.15, -0.1) is 0 Å². The third-order valence-electron chi connectivity index (χ3n) is 3.20. The van der Waals surface area contributed by atoms with Gasteiger partial charge < -0.3 is 5.32 Å². The van der Waals surface area contributed by atoms with Gasteiger partial charge in [-0.3, -0.25) is 4.90 Å². The molecule has 1 N–H and O–H groups in total. The van der Waals surface area contributed by atoms with Crippen molar-refractivity contribution in [3.05, 3.63) is 64.1 Å². The minimum absolute atomic E-state index is 0.0468. The quantitative estimate of drug-likeness (QED) is 0.900. The summed E-state index contributed by atoms with van der Waals surface area (Å²) in [6.07, 6.45) is 0. The number of carbonyl (C=O) groups is 1. The topological polar surface area (TPSA) is 32.3 Å². The van der Waals surface area contributed by atoms with Crippen molar-refractivity contribution < 1.29 is 4.79 Å². The van der Waals surface area contributed by atoms with Crippen LogP contribution in [-0.4, -0.2) is 6.03 Å². The summed E-state index contributed by atoms with van der Waals surface area (Å²) in [4.78, 5) is 13.8. The van der Waals surface area contributed by atoms with Gasteiger partial charge in [0.1, 0.15) is 0 Å². The SMILES string of the molecule is O=C1NCc2ccc(Br)cc2N1Cc1ccccc1. The van der Waals surface area contributed by atoms with E-state index in [2.05, 4.69) is 21.2 Å². The zero-order chi connectivity index (χ0) is 13.2. The van der Waals surface area contributed by atoms with Crippen LogP contribution >= 0.6 is 15.9 Å². The van der Waals surface area contributed by atoms with Crippen molar-refractivity contribution in [2.75, 3.05) is 4.90 Å². The first-order valence-corrected chi connectivity index (χ1v) is 6.91. The molecule has 0 aromatic heterocycles. The molecule has 0 spiro atoms. The molecular formula is C15H13BrN2O. The maximum absolute atomic E-state index is 12.1. The summed E-state index contributed by atoms with van der Waals surface area (Å²) in [6, 6.07) is 16.0. The Morgan fingerprint density at radius 2 is 1.95 bits per heavy atom. The molecule has 2 amide bonds. The lowest BCUT2D eigenvalue weighted by molar-refractivity contribution is 0.244. The van der Waals surface area contributed by atoms with Crippen LogP contribution in [0.1, 0.15) is 11.1 Å². The zero-order valence-corrected chi connectivity index (χ0v) is 11.9. The molecule has 3 nitrogen and oxygen atoms in total. The number of halogens is 1. The third kappa shape index (κ3) is 2.49. The molecule has 0 saturated carbocycles. The Morgan fingerprint density at radius 1 is 1.16 bits per heavy atom.